The number of aromatic amines is 1. The summed E-state index contributed by atoms with van der Waals surface area (Å²) in [6.45, 7) is 21.6. The summed E-state index contributed by atoms with van der Waals surface area (Å²) in [5, 5.41) is 10.0. The first-order valence-electron chi connectivity index (χ1n) is 9.93. The van der Waals surface area contributed by atoms with Crippen LogP contribution in [0.2, 0.25) is 0 Å². The molecule has 0 bridgehead atoms. The number of pyridine rings is 1. The van der Waals surface area contributed by atoms with Gasteiger partial charge in [-0.15, -0.1) is 11.7 Å². The van der Waals surface area contributed by atoms with Gasteiger partial charge in [-0.25, -0.2) is 9.67 Å². The van der Waals surface area contributed by atoms with Crippen LogP contribution in [-0.2, 0) is 11.2 Å². The minimum atomic E-state index is 0.306. The number of aryl methyl sites for hydroxylation is 2. The predicted octanol–water partition coefficient (Wildman–Crippen LogP) is 4.82. The number of methoxy groups -OCH3 is 1. The van der Waals surface area contributed by atoms with Gasteiger partial charge in [-0.2, -0.15) is 0 Å². The number of hydrogen-bond acceptors (Lipinski definition) is 4. The van der Waals surface area contributed by atoms with Crippen LogP contribution in [0.4, 0.5) is 0 Å². The number of halogens is 1. The fraction of sp³-hybridized carbons (Fsp3) is 0.435. The molecule has 164 valence electrons. The van der Waals surface area contributed by atoms with Crippen molar-refractivity contribution < 1.29 is 4.74 Å². The highest BCUT2D eigenvalue weighted by molar-refractivity contribution is 9.10. The van der Waals surface area contributed by atoms with Gasteiger partial charge in [0.05, 0.1) is 18.4 Å². The maximum atomic E-state index is 5.18. The number of hydrogen-bond donors (Lipinski definition) is 1. The van der Waals surface area contributed by atoms with Crippen molar-refractivity contribution in [3.8, 4) is 0 Å². The van der Waals surface area contributed by atoms with E-state index in [0.29, 0.717) is 6.04 Å². The van der Waals surface area contributed by atoms with Crippen molar-refractivity contribution in [2.75, 3.05) is 7.11 Å². The lowest BCUT2D eigenvalue weighted by atomic mass is 10.3. The van der Waals surface area contributed by atoms with Crippen molar-refractivity contribution in [2.24, 2.45) is 0 Å². The topological polar surface area (TPSA) is 68.6 Å². The zero-order valence-corrected chi connectivity index (χ0v) is 21.0. The summed E-state index contributed by atoms with van der Waals surface area (Å²) in [4.78, 5) is 7.52. The van der Waals surface area contributed by atoms with Crippen LogP contribution in [0.1, 0.15) is 58.8 Å². The van der Waals surface area contributed by atoms with Gasteiger partial charge in [0, 0.05) is 21.7 Å². The minimum Gasteiger partial charge on any atom is -0.501 e. The summed E-state index contributed by atoms with van der Waals surface area (Å²) in [5.74, 6) is 0.882. The maximum absolute atomic E-state index is 5.18. The second-order valence-corrected chi connectivity index (χ2v) is 8.37. The molecule has 3 heterocycles. The van der Waals surface area contributed by atoms with Crippen molar-refractivity contribution in [3.63, 3.8) is 0 Å². The summed E-state index contributed by atoms with van der Waals surface area (Å²) in [5.41, 5.74) is 5.18. The second kappa shape index (κ2) is 11.7. The van der Waals surface area contributed by atoms with E-state index in [2.05, 4.69) is 70.1 Å². The normalized spacial score (nSPS) is 11.4. The van der Waals surface area contributed by atoms with Gasteiger partial charge in [0.15, 0.2) is 5.65 Å². The predicted molar refractivity (Wildman–Crippen MR) is 130 cm³/mol. The molecular formula is C23H34BrN5O. The Hall–Kier alpha value is -2.41. The number of fused-ring (bicyclic) bond motifs is 1. The molecule has 6 nitrogen and oxygen atoms in total. The Kier molecular flexibility index (Phi) is 9.99. The van der Waals surface area contributed by atoms with Gasteiger partial charge in [-0.1, -0.05) is 24.3 Å². The summed E-state index contributed by atoms with van der Waals surface area (Å²) < 4.78 is 8.08. The van der Waals surface area contributed by atoms with E-state index in [4.69, 9.17) is 4.74 Å². The van der Waals surface area contributed by atoms with Gasteiger partial charge >= 0.3 is 0 Å². The zero-order valence-electron chi connectivity index (χ0n) is 19.4. The van der Waals surface area contributed by atoms with Gasteiger partial charge in [0.25, 0.3) is 0 Å². The van der Waals surface area contributed by atoms with E-state index in [1.807, 2.05) is 44.6 Å². The van der Waals surface area contributed by atoms with Gasteiger partial charge < -0.3 is 9.72 Å². The van der Waals surface area contributed by atoms with E-state index in [1.54, 1.807) is 7.11 Å². The lowest BCUT2D eigenvalue weighted by Gasteiger charge is -2.03. The van der Waals surface area contributed by atoms with Crippen LogP contribution in [0.3, 0.4) is 0 Å². The first-order chi connectivity index (χ1) is 14.0. The molecule has 1 N–H and O–H groups in total. The number of H-pyrrole nitrogens is 1. The van der Waals surface area contributed by atoms with Crippen LogP contribution in [0.25, 0.3) is 23.5 Å². The molecule has 3 aromatic heterocycles. The molecule has 0 saturated heterocycles. The lowest BCUT2D eigenvalue weighted by Crippen LogP contribution is -2.24. The SMILES string of the molecule is C=C(C)C.C=c1[nH]c(CC)c(Br)/c1=C(/C)OC.Cc1cnc2c(c1)nnn2C(C)C. The molecule has 0 aliphatic heterocycles. The van der Waals surface area contributed by atoms with Crippen molar-refractivity contribution in [2.45, 2.75) is 60.9 Å². The molecule has 0 saturated carbocycles. The maximum Gasteiger partial charge on any atom is 0.178 e. The van der Waals surface area contributed by atoms with Gasteiger partial charge in [0.1, 0.15) is 11.3 Å². The summed E-state index contributed by atoms with van der Waals surface area (Å²) in [7, 11) is 1.67. The highest BCUT2D eigenvalue weighted by Crippen LogP contribution is 2.13. The first-order valence-corrected chi connectivity index (χ1v) is 10.7. The highest BCUT2D eigenvalue weighted by Gasteiger charge is 2.08. The Morgan fingerprint density at radius 1 is 1.30 bits per heavy atom. The number of allylic oxidation sites excluding steroid dienone is 1. The molecule has 0 amide bonds. The van der Waals surface area contributed by atoms with Crippen LogP contribution >= 0.6 is 15.9 Å². The third-order valence-electron chi connectivity index (χ3n) is 4.04. The van der Waals surface area contributed by atoms with E-state index < -0.39 is 0 Å². The van der Waals surface area contributed by atoms with Gasteiger partial charge in [0.2, 0.25) is 0 Å². The summed E-state index contributed by atoms with van der Waals surface area (Å²) in [6.07, 6.45) is 2.80. The number of ether oxygens (including phenoxy) is 1. The third-order valence-corrected chi connectivity index (χ3v) is 4.91. The minimum absolute atomic E-state index is 0.306. The van der Waals surface area contributed by atoms with Crippen LogP contribution in [0, 0.1) is 6.92 Å². The molecule has 0 spiro atoms. The van der Waals surface area contributed by atoms with Crippen LogP contribution in [-0.4, -0.2) is 32.1 Å². The number of rotatable bonds is 3. The average Bonchev–Trinajstić information content (AvgIpc) is 3.21. The molecule has 0 unspecified atom stereocenters. The lowest BCUT2D eigenvalue weighted by molar-refractivity contribution is 0.360. The molecule has 7 heteroatoms. The number of aromatic nitrogens is 5. The fourth-order valence-corrected chi connectivity index (χ4v) is 3.48. The summed E-state index contributed by atoms with van der Waals surface area (Å²) in [6, 6.07) is 2.30. The molecule has 0 aliphatic carbocycles. The van der Waals surface area contributed by atoms with Gasteiger partial charge in [-0.3, -0.25) is 0 Å². The summed E-state index contributed by atoms with van der Waals surface area (Å²) >= 11 is 3.53. The first kappa shape index (κ1) is 25.6. The monoisotopic (exact) mass is 475 g/mol. The van der Waals surface area contributed by atoms with E-state index in [-0.39, 0.29) is 0 Å². The standard InChI is InChI=1S/C10H14BrNO.C9H12N4.C4H8/c1-5-8-10(11)9(6(2)12-8)7(3)13-4;1-6(2)13-9-8(11-12-13)4-7(3)5-10-9;1-4(2)3/h12H,2,5H2,1,3-4H3;4-6H,1-3H3;1H2,2-3H3/b9-7-;;. The fourth-order valence-electron chi connectivity index (χ4n) is 2.58. The third kappa shape index (κ3) is 6.83. The molecule has 0 fully saturated rings. The molecule has 3 rings (SSSR count). The molecule has 30 heavy (non-hydrogen) atoms. The molecular weight excluding hydrogens is 442 g/mol. The van der Waals surface area contributed by atoms with Crippen LogP contribution in [0.5, 0.6) is 0 Å². The van der Waals surface area contributed by atoms with Gasteiger partial charge in [-0.05, 0) is 75.5 Å². The van der Waals surface area contributed by atoms with Crippen molar-refractivity contribution in [1.82, 2.24) is 25.0 Å². The Morgan fingerprint density at radius 3 is 2.37 bits per heavy atom. The average molecular weight is 476 g/mol. The highest BCUT2D eigenvalue weighted by atomic mass is 79.9. The van der Waals surface area contributed by atoms with Crippen molar-refractivity contribution in [3.05, 3.63) is 50.7 Å². The van der Waals surface area contributed by atoms with Crippen molar-refractivity contribution in [1.29, 1.82) is 0 Å². The molecule has 0 atom stereocenters. The van der Waals surface area contributed by atoms with Crippen molar-refractivity contribution >= 4 is 39.4 Å². The number of nitrogens with one attached hydrogen (secondary N) is 1. The Labute approximate surface area is 187 Å². The largest absolute Gasteiger partial charge is 0.501 e. The second-order valence-electron chi connectivity index (χ2n) is 7.58. The number of nitrogens with zero attached hydrogens (tertiary/aromatic N) is 4. The van der Waals surface area contributed by atoms with E-state index >= 15 is 0 Å². The van der Waals surface area contributed by atoms with E-state index in [0.717, 1.165) is 49.6 Å². The van der Waals surface area contributed by atoms with Crippen LogP contribution < -0.4 is 10.6 Å². The Bertz CT molecular complexity index is 1090. The Balaban J connectivity index is 0.000000256. The quantitative estimate of drug-likeness (QED) is 0.551. The molecule has 3 aromatic rings. The Morgan fingerprint density at radius 2 is 1.90 bits per heavy atom. The molecule has 0 radical (unpaired) electrons. The zero-order chi connectivity index (χ0) is 23.0. The van der Waals surface area contributed by atoms with Crippen LogP contribution in [0.15, 0.2) is 28.9 Å². The molecule has 0 aliphatic rings. The van der Waals surface area contributed by atoms with E-state index in [9.17, 15) is 0 Å². The smallest absolute Gasteiger partial charge is 0.178 e. The molecule has 0 aromatic carbocycles. The van der Waals surface area contributed by atoms with E-state index in [1.165, 1.54) is 5.57 Å².